The zero-order valence-electron chi connectivity index (χ0n) is 12.8. The van der Waals surface area contributed by atoms with Crippen molar-refractivity contribution >= 4 is 17.6 Å². The molecule has 0 aliphatic carbocycles. The number of benzene rings is 2. The van der Waals surface area contributed by atoms with Crippen molar-refractivity contribution in [1.29, 1.82) is 0 Å². The van der Waals surface area contributed by atoms with E-state index in [4.69, 9.17) is 5.11 Å². The average Bonchev–Trinajstić information content (AvgIpc) is 2.84. The first kappa shape index (κ1) is 15.9. The smallest absolute Gasteiger partial charge is 0.336 e. The molecule has 0 saturated carbocycles. The molecule has 6 heteroatoms. The van der Waals surface area contributed by atoms with E-state index < -0.39 is 11.9 Å². The molecule has 0 radical (unpaired) electrons. The molecule has 0 spiro atoms. The number of carboxylic acid groups (broad SMARTS) is 2. The van der Waals surface area contributed by atoms with Gasteiger partial charge >= 0.3 is 11.9 Å². The Morgan fingerprint density at radius 3 is 2.54 bits per heavy atom. The Bertz CT molecular complexity index is 802. The van der Waals surface area contributed by atoms with Crippen molar-refractivity contribution in [3.63, 3.8) is 0 Å². The van der Waals surface area contributed by atoms with Crippen LogP contribution in [-0.4, -0.2) is 33.8 Å². The van der Waals surface area contributed by atoms with Crippen LogP contribution < -0.4 is 4.90 Å². The first-order valence-corrected chi connectivity index (χ1v) is 7.56. The molecule has 6 nitrogen and oxygen atoms in total. The second-order valence-corrected chi connectivity index (χ2v) is 5.89. The lowest BCUT2D eigenvalue weighted by atomic mass is 9.93. The Hall–Kier alpha value is -3.02. The summed E-state index contributed by atoms with van der Waals surface area (Å²) < 4.78 is 0. The van der Waals surface area contributed by atoms with Gasteiger partial charge in [0.1, 0.15) is 5.75 Å². The van der Waals surface area contributed by atoms with Gasteiger partial charge in [-0.2, -0.15) is 0 Å². The molecule has 1 atom stereocenters. The number of hydrogen-bond donors (Lipinski definition) is 3. The van der Waals surface area contributed by atoms with E-state index in [-0.39, 0.29) is 23.7 Å². The van der Waals surface area contributed by atoms with Gasteiger partial charge in [-0.1, -0.05) is 18.2 Å². The van der Waals surface area contributed by atoms with Gasteiger partial charge in [0.25, 0.3) is 0 Å². The second-order valence-electron chi connectivity index (χ2n) is 5.89. The van der Waals surface area contributed by atoms with Crippen LogP contribution in [0, 0.1) is 0 Å². The summed E-state index contributed by atoms with van der Waals surface area (Å²) in [7, 11) is 0. The van der Waals surface area contributed by atoms with Crippen LogP contribution in [0.1, 0.15) is 33.8 Å². The van der Waals surface area contributed by atoms with Crippen LogP contribution in [0.25, 0.3) is 0 Å². The van der Waals surface area contributed by atoms with E-state index in [9.17, 15) is 19.8 Å². The Balaban J connectivity index is 1.98. The summed E-state index contributed by atoms with van der Waals surface area (Å²) >= 11 is 0. The summed E-state index contributed by atoms with van der Waals surface area (Å²) in [5.41, 5.74) is 2.34. The third kappa shape index (κ3) is 3.03. The lowest BCUT2D eigenvalue weighted by molar-refractivity contribution is -0.137. The first-order chi connectivity index (χ1) is 11.5. The van der Waals surface area contributed by atoms with Crippen molar-refractivity contribution in [1.82, 2.24) is 0 Å². The maximum atomic E-state index is 11.5. The molecule has 3 rings (SSSR count). The fraction of sp³-hybridized carbons (Fsp3) is 0.222. The molecule has 1 unspecified atom stereocenters. The Labute approximate surface area is 138 Å². The Morgan fingerprint density at radius 1 is 1.12 bits per heavy atom. The zero-order valence-corrected chi connectivity index (χ0v) is 12.8. The first-order valence-electron chi connectivity index (χ1n) is 7.56. The van der Waals surface area contributed by atoms with Gasteiger partial charge in [-0.05, 0) is 35.4 Å². The Kier molecular flexibility index (Phi) is 4.12. The summed E-state index contributed by atoms with van der Waals surface area (Å²) in [6, 6.07) is 11.8. The van der Waals surface area contributed by atoms with Crippen LogP contribution in [0.2, 0.25) is 0 Å². The van der Waals surface area contributed by atoms with Crippen LogP contribution in [0.4, 0.5) is 5.69 Å². The van der Waals surface area contributed by atoms with E-state index in [1.165, 1.54) is 6.07 Å². The number of carboxylic acids is 2. The molecule has 0 amide bonds. The highest BCUT2D eigenvalue weighted by Crippen LogP contribution is 2.41. The largest absolute Gasteiger partial charge is 0.508 e. The molecule has 0 saturated heterocycles. The highest BCUT2D eigenvalue weighted by Gasteiger charge is 2.33. The number of carbonyl (C=O) groups is 2. The van der Waals surface area contributed by atoms with Crippen LogP contribution >= 0.6 is 0 Å². The quantitative estimate of drug-likeness (QED) is 0.781. The Morgan fingerprint density at radius 2 is 1.88 bits per heavy atom. The van der Waals surface area contributed by atoms with Gasteiger partial charge in [-0.3, -0.25) is 4.79 Å². The van der Waals surface area contributed by atoms with Crippen LogP contribution in [-0.2, 0) is 11.3 Å². The molecular weight excluding hydrogens is 310 g/mol. The standard InChI is InChI=1S/C18H17NO5/c20-13-4-1-3-11(7-13)9-19-10-12(8-16(21)22)17-14(18(23)24)5-2-6-15(17)19/h1-7,12,20H,8-10H2,(H,21,22)(H,23,24). The molecule has 0 fully saturated rings. The lowest BCUT2D eigenvalue weighted by Gasteiger charge is -2.20. The maximum absolute atomic E-state index is 11.5. The molecule has 1 aliphatic rings. The number of hydrogen-bond acceptors (Lipinski definition) is 4. The van der Waals surface area contributed by atoms with Crippen LogP contribution in [0.3, 0.4) is 0 Å². The third-order valence-corrected chi connectivity index (χ3v) is 4.21. The summed E-state index contributed by atoms with van der Waals surface area (Å²) in [6.45, 7) is 0.905. The minimum Gasteiger partial charge on any atom is -0.508 e. The fourth-order valence-corrected chi connectivity index (χ4v) is 3.30. The molecule has 2 aromatic rings. The number of anilines is 1. The minimum atomic E-state index is -1.05. The van der Waals surface area contributed by atoms with Crippen molar-refractivity contribution in [2.24, 2.45) is 0 Å². The number of aromatic hydroxyl groups is 1. The number of aromatic carboxylic acids is 1. The van der Waals surface area contributed by atoms with E-state index in [2.05, 4.69) is 0 Å². The van der Waals surface area contributed by atoms with Crippen molar-refractivity contribution < 1.29 is 24.9 Å². The summed E-state index contributed by atoms with van der Waals surface area (Å²) in [5, 5.41) is 28.2. The van der Waals surface area contributed by atoms with Crippen molar-refractivity contribution in [3.8, 4) is 5.75 Å². The average molecular weight is 327 g/mol. The summed E-state index contributed by atoms with van der Waals surface area (Å²) in [5.74, 6) is -2.22. The lowest BCUT2D eigenvalue weighted by Crippen LogP contribution is -2.22. The highest BCUT2D eigenvalue weighted by molar-refractivity contribution is 5.93. The van der Waals surface area contributed by atoms with E-state index in [1.807, 2.05) is 17.0 Å². The molecule has 2 aromatic carbocycles. The van der Waals surface area contributed by atoms with E-state index in [1.54, 1.807) is 24.3 Å². The number of nitrogens with zero attached hydrogens (tertiary/aromatic N) is 1. The normalized spacial score (nSPS) is 16.0. The SMILES string of the molecule is O=C(O)CC1CN(Cc2cccc(O)c2)c2cccc(C(=O)O)c21. The van der Waals surface area contributed by atoms with Gasteiger partial charge in [0, 0.05) is 24.7 Å². The zero-order chi connectivity index (χ0) is 17.3. The topological polar surface area (TPSA) is 98.1 Å². The van der Waals surface area contributed by atoms with Crippen molar-refractivity contribution in [2.45, 2.75) is 18.9 Å². The summed E-state index contributed by atoms with van der Waals surface area (Å²) in [6.07, 6.45) is -0.117. The molecule has 24 heavy (non-hydrogen) atoms. The van der Waals surface area contributed by atoms with E-state index in [0.717, 1.165) is 11.3 Å². The number of phenols is 1. The number of rotatable bonds is 5. The van der Waals surface area contributed by atoms with Crippen LogP contribution in [0.15, 0.2) is 42.5 Å². The fourth-order valence-electron chi connectivity index (χ4n) is 3.30. The molecular formula is C18H17NO5. The van der Waals surface area contributed by atoms with Crippen LogP contribution in [0.5, 0.6) is 5.75 Å². The molecule has 0 aromatic heterocycles. The molecule has 3 N–H and O–H groups in total. The van der Waals surface area contributed by atoms with Gasteiger partial charge < -0.3 is 20.2 Å². The van der Waals surface area contributed by atoms with Gasteiger partial charge in [0.15, 0.2) is 0 Å². The third-order valence-electron chi connectivity index (χ3n) is 4.21. The number of aliphatic carboxylic acids is 1. The molecule has 124 valence electrons. The second kappa shape index (κ2) is 6.23. The summed E-state index contributed by atoms with van der Waals surface area (Å²) in [4.78, 5) is 24.6. The molecule has 1 heterocycles. The van der Waals surface area contributed by atoms with Gasteiger partial charge in [0.05, 0.1) is 12.0 Å². The maximum Gasteiger partial charge on any atom is 0.336 e. The predicted octanol–water partition coefficient (Wildman–Crippen LogP) is 2.67. The highest BCUT2D eigenvalue weighted by atomic mass is 16.4. The van der Waals surface area contributed by atoms with Crippen molar-refractivity contribution in [2.75, 3.05) is 11.4 Å². The van der Waals surface area contributed by atoms with Gasteiger partial charge in [-0.15, -0.1) is 0 Å². The molecule has 1 aliphatic heterocycles. The number of fused-ring (bicyclic) bond motifs is 1. The van der Waals surface area contributed by atoms with Gasteiger partial charge in [-0.25, -0.2) is 4.79 Å². The van der Waals surface area contributed by atoms with E-state index in [0.29, 0.717) is 18.7 Å². The van der Waals surface area contributed by atoms with Crippen molar-refractivity contribution in [3.05, 3.63) is 59.2 Å². The minimum absolute atomic E-state index is 0.117. The molecule has 0 bridgehead atoms. The predicted molar refractivity (Wildman–Crippen MR) is 87.6 cm³/mol. The van der Waals surface area contributed by atoms with E-state index >= 15 is 0 Å². The van der Waals surface area contributed by atoms with Gasteiger partial charge in [0.2, 0.25) is 0 Å². The monoisotopic (exact) mass is 327 g/mol. The number of phenolic OH excluding ortho intramolecular Hbond substituents is 1.